The van der Waals surface area contributed by atoms with Crippen molar-refractivity contribution in [1.82, 2.24) is 10.2 Å². The number of carbonyl (C=O) groups excluding carboxylic acids is 2. The molecular weight excluding hydrogens is 360 g/mol. The first-order chi connectivity index (χ1) is 12.8. The van der Waals surface area contributed by atoms with E-state index in [2.05, 4.69) is 5.32 Å². The number of nitrogens with one attached hydrogen (secondary N) is 1. The zero-order chi connectivity index (χ0) is 20.0. The Morgan fingerprint density at radius 1 is 1.07 bits per heavy atom. The molecule has 2 rings (SSSR count). The lowest BCUT2D eigenvalue weighted by molar-refractivity contribution is -0.140. The number of rotatable bonds is 7. The fraction of sp³-hybridized carbons (Fsp3) is 0.364. The van der Waals surface area contributed by atoms with Crippen molar-refractivity contribution in [2.75, 3.05) is 0 Å². The maximum atomic E-state index is 13.1. The van der Waals surface area contributed by atoms with Crippen LogP contribution in [0.15, 0.2) is 48.5 Å². The number of halogens is 1. The zero-order valence-corrected chi connectivity index (χ0v) is 17.1. The molecule has 0 heterocycles. The highest BCUT2D eigenvalue weighted by Gasteiger charge is 2.26. The van der Waals surface area contributed by atoms with E-state index in [1.807, 2.05) is 63.2 Å². The quantitative estimate of drug-likeness (QED) is 0.777. The van der Waals surface area contributed by atoms with Crippen LogP contribution >= 0.6 is 11.6 Å². The minimum atomic E-state index is -0.581. The molecule has 1 N–H and O–H groups in total. The van der Waals surface area contributed by atoms with Crippen LogP contribution < -0.4 is 5.32 Å². The van der Waals surface area contributed by atoms with E-state index in [-0.39, 0.29) is 24.3 Å². The van der Waals surface area contributed by atoms with Crippen molar-refractivity contribution in [3.05, 3.63) is 70.2 Å². The van der Waals surface area contributed by atoms with E-state index in [4.69, 9.17) is 11.6 Å². The van der Waals surface area contributed by atoms with Crippen LogP contribution in [0.3, 0.4) is 0 Å². The number of hydrogen-bond donors (Lipinski definition) is 1. The molecule has 0 unspecified atom stereocenters. The van der Waals surface area contributed by atoms with Gasteiger partial charge < -0.3 is 10.2 Å². The summed E-state index contributed by atoms with van der Waals surface area (Å²) in [7, 11) is 0. The van der Waals surface area contributed by atoms with E-state index in [9.17, 15) is 9.59 Å². The molecule has 1 atom stereocenters. The lowest BCUT2D eigenvalue weighted by Gasteiger charge is -2.29. The molecule has 0 bridgehead atoms. The Labute approximate surface area is 166 Å². The molecule has 2 aromatic carbocycles. The summed E-state index contributed by atoms with van der Waals surface area (Å²) in [6.07, 6.45) is 0.158. The summed E-state index contributed by atoms with van der Waals surface area (Å²) in [5.41, 5.74) is 2.87. The van der Waals surface area contributed by atoms with Gasteiger partial charge in [-0.15, -0.1) is 0 Å². The number of hydrogen-bond acceptors (Lipinski definition) is 2. The van der Waals surface area contributed by atoms with Crippen molar-refractivity contribution in [2.24, 2.45) is 0 Å². The minimum Gasteiger partial charge on any atom is -0.352 e. The molecule has 144 valence electrons. The molecular formula is C22H27ClN2O2. The van der Waals surface area contributed by atoms with Gasteiger partial charge in [-0.3, -0.25) is 9.59 Å². The van der Waals surface area contributed by atoms with E-state index in [1.165, 1.54) is 0 Å². The van der Waals surface area contributed by atoms with Crippen molar-refractivity contribution < 1.29 is 9.59 Å². The summed E-state index contributed by atoms with van der Waals surface area (Å²) in [6, 6.07) is 14.7. The molecule has 27 heavy (non-hydrogen) atoms. The van der Waals surface area contributed by atoms with Crippen molar-refractivity contribution in [3.8, 4) is 0 Å². The van der Waals surface area contributed by atoms with Crippen LogP contribution in [0.2, 0.25) is 5.02 Å². The van der Waals surface area contributed by atoms with Gasteiger partial charge >= 0.3 is 0 Å². The number of amides is 2. The first kappa shape index (κ1) is 21.0. The van der Waals surface area contributed by atoms with Crippen molar-refractivity contribution in [1.29, 1.82) is 0 Å². The molecule has 2 amide bonds. The highest BCUT2D eigenvalue weighted by molar-refractivity contribution is 6.31. The smallest absolute Gasteiger partial charge is 0.242 e. The normalized spacial score (nSPS) is 11.9. The molecule has 0 saturated carbocycles. The van der Waals surface area contributed by atoms with Crippen LogP contribution in [0.5, 0.6) is 0 Å². The second kappa shape index (κ2) is 9.56. The monoisotopic (exact) mass is 386 g/mol. The Kier molecular flexibility index (Phi) is 7.43. The fourth-order valence-electron chi connectivity index (χ4n) is 2.90. The summed E-state index contributed by atoms with van der Waals surface area (Å²) < 4.78 is 0. The van der Waals surface area contributed by atoms with Gasteiger partial charge in [-0.05, 0) is 44.9 Å². The van der Waals surface area contributed by atoms with E-state index in [0.717, 1.165) is 16.7 Å². The second-order valence-corrected chi connectivity index (χ2v) is 7.53. The predicted octanol–water partition coefficient (Wildman–Crippen LogP) is 4.13. The number of nitrogens with zero attached hydrogens (tertiary/aromatic N) is 1. The summed E-state index contributed by atoms with van der Waals surface area (Å²) in [5, 5.41) is 3.45. The zero-order valence-electron chi connectivity index (χ0n) is 16.3. The maximum absolute atomic E-state index is 13.1. The van der Waals surface area contributed by atoms with Crippen LogP contribution in [0.1, 0.15) is 37.5 Å². The van der Waals surface area contributed by atoms with Gasteiger partial charge in [-0.1, -0.05) is 59.6 Å². The van der Waals surface area contributed by atoms with Crippen LogP contribution in [0.25, 0.3) is 0 Å². The Hall–Kier alpha value is -2.33. The maximum Gasteiger partial charge on any atom is 0.242 e. The fourth-order valence-corrected chi connectivity index (χ4v) is 3.10. The van der Waals surface area contributed by atoms with Crippen molar-refractivity contribution in [2.45, 2.75) is 52.7 Å². The Morgan fingerprint density at radius 2 is 1.78 bits per heavy atom. The SMILES string of the molecule is Cc1cccc(CN(C(=O)Cc2ccccc2Cl)[C@@H](C)C(=O)NC(C)C)c1. The Bertz CT molecular complexity index is 804. The summed E-state index contributed by atoms with van der Waals surface area (Å²) in [6.45, 7) is 7.95. The van der Waals surface area contributed by atoms with Crippen molar-refractivity contribution >= 4 is 23.4 Å². The molecule has 0 aromatic heterocycles. The van der Waals surface area contributed by atoms with E-state index in [0.29, 0.717) is 11.6 Å². The molecule has 0 radical (unpaired) electrons. The van der Waals surface area contributed by atoms with E-state index in [1.54, 1.807) is 17.9 Å². The highest BCUT2D eigenvalue weighted by Crippen LogP contribution is 2.18. The van der Waals surface area contributed by atoms with Gasteiger partial charge in [0.2, 0.25) is 11.8 Å². The van der Waals surface area contributed by atoms with Gasteiger partial charge in [0.15, 0.2) is 0 Å². The van der Waals surface area contributed by atoms with Gasteiger partial charge in [-0.2, -0.15) is 0 Å². The van der Waals surface area contributed by atoms with Crippen LogP contribution in [0, 0.1) is 6.92 Å². The van der Waals surface area contributed by atoms with Gasteiger partial charge in [0.25, 0.3) is 0 Å². The highest BCUT2D eigenvalue weighted by atomic mass is 35.5. The van der Waals surface area contributed by atoms with Crippen LogP contribution in [0.4, 0.5) is 0 Å². The van der Waals surface area contributed by atoms with E-state index >= 15 is 0 Å². The third-order valence-electron chi connectivity index (χ3n) is 4.33. The molecule has 2 aromatic rings. The van der Waals surface area contributed by atoms with E-state index < -0.39 is 6.04 Å². The average Bonchev–Trinajstić information content (AvgIpc) is 2.60. The first-order valence-electron chi connectivity index (χ1n) is 9.16. The van der Waals surface area contributed by atoms with Crippen LogP contribution in [-0.2, 0) is 22.6 Å². The minimum absolute atomic E-state index is 0.0134. The van der Waals surface area contributed by atoms with Gasteiger partial charge in [0.1, 0.15) is 6.04 Å². The molecule has 4 nitrogen and oxygen atoms in total. The summed E-state index contributed by atoms with van der Waals surface area (Å²) in [5.74, 6) is -0.291. The van der Waals surface area contributed by atoms with Crippen molar-refractivity contribution in [3.63, 3.8) is 0 Å². The largest absolute Gasteiger partial charge is 0.352 e. The third-order valence-corrected chi connectivity index (χ3v) is 4.70. The Morgan fingerprint density at radius 3 is 2.41 bits per heavy atom. The Balaban J connectivity index is 2.26. The third kappa shape index (κ3) is 6.10. The van der Waals surface area contributed by atoms with Crippen LogP contribution in [-0.4, -0.2) is 28.8 Å². The molecule has 0 aliphatic carbocycles. The molecule has 5 heteroatoms. The molecule has 0 aliphatic rings. The van der Waals surface area contributed by atoms with Gasteiger partial charge in [0, 0.05) is 17.6 Å². The lowest BCUT2D eigenvalue weighted by Crippen LogP contribution is -2.49. The van der Waals surface area contributed by atoms with Gasteiger partial charge in [0.05, 0.1) is 6.42 Å². The topological polar surface area (TPSA) is 49.4 Å². The first-order valence-corrected chi connectivity index (χ1v) is 9.54. The second-order valence-electron chi connectivity index (χ2n) is 7.12. The number of benzene rings is 2. The summed E-state index contributed by atoms with van der Waals surface area (Å²) in [4.78, 5) is 27.2. The lowest BCUT2D eigenvalue weighted by atomic mass is 10.1. The molecule has 0 spiro atoms. The molecule has 0 aliphatic heterocycles. The summed E-state index contributed by atoms with van der Waals surface area (Å²) >= 11 is 6.21. The predicted molar refractivity (Wildman–Crippen MR) is 110 cm³/mol. The number of carbonyl (C=O) groups is 2. The molecule has 0 fully saturated rings. The number of aryl methyl sites for hydroxylation is 1. The standard InChI is InChI=1S/C22H27ClN2O2/c1-15(2)24-22(27)17(4)25(14-18-9-7-8-16(3)12-18)21(26)13-19-10-5-6-11-20(19)23/h5-12,15,17H,13-14H2,1-4H3,(H,24,27)/t17-/m0/s1. The molecule has 0 saturated heterocycles. The average molecular weight is 387 g/mol. The van der Waals surface area contributed by atoms with Gasteiger partial charge in [-0.25, -0.2) is 0 Å².